The number of phenolic OH excluding ortho intramolecular Hbond substituents is 1. The summed E-state index contributed by atoms with van der Waals surface area (Å²) in [6, 6.07) is 4.23. The van der Waals surface area contributed by atoms with Gasteiger partial charge in [-0.25, -0.2) is 0 Å². The lowest BCUT2D eigenvalue weighted by molar-refractivity contribution is -0.247. The number of fused-ring (bicyclic) bond motifs is 1. The highest BCUT2D eigenvalue weighted by atomic mass is 16.6. The van der Waals surface area contributed by atoms with Gasteiger partial charge in [-0.1, -0.05) is 31.6 Å². The SMILES string of the molecule is CCC[C@@](C)(O)C1C[C@@]23C=C[C@]1(OC)[C@@H]1Oc4c(O)ccc5c4[C@@]12CCN(C)[C@@H]3C5. The van der Waals surface area contributed by atoms with Gasteiger partial charge in [-0.05, 0) is 57.8 Å². The van der Waals surface area contributed by atoms with Gasteiger partial charge in [0.25, 0.3) is 0 Å². The molecule has 1 saturated carbocycles. The predicted molar refractivity (Wildman–Crippen MR) is 114 cm³/mol. The first-order chi connectivity index (χ1) is 14.3. The van der Waals surface area contributed by atoms with Crippen molar-refractivity contribution < 1.29 is 19.7 Å². The third kappa shape index (κ3) is 1.80. The highest BCUT2D eigenvalue weighted by molar-refractivity contribution is 5.65. The second-order valence-electron chi connectivity index (χ2n) is 10.7. The molecule has 6 aliphatic rings. The van der Waals surface area contributed by atoms with Crippen LogP contribution in [0.25, 0.3) is 0 Å². The fourth-order valence-corrected chi connectivity index (χ4v) is 8.44. The van der Waals surface area contributed by atoms with E-state index in [1.165, 1.54) is 11.1 Å². The third-order valence-corrected chi connectivity index (χ3v) is 9.58. The number of hydrogen-bond donors (Lipinski definition) is 2. The maximum Gasteiger partial charge on any atom is 0.165 e. The van der Waals surface area contributed by atoms with Crippen LogP contribution in [0.5, 0.6) is 11.5 Å². The Bertz CT molecular complexity index is 957. The van der Waals surface area contributed by atoms with Crippen LogP contribution in [0.2, 0.25) is 0 Å². The Hall–Kier alpha value is -1.56. The van der Waals surface area contributed by atoms with Gasteiger partial charge in [-0.3, -0.25) is 0 Å². The number of benzene rings is 1. The van der Waals surface area contributed by atoms with Crippen LogP contribution in [0.4, 0.5) is 0 Å². The molecular formula is C25H33NO4. The van der Waals surface area contributed by atoms with E-state index < -0.39 is 11.2 Å². The van der Waals surface area contributed by atoms with Crippen LogP contribution in [0.1, 0.15) is 50.7 Å². The Labute approximate surface area is 178 Å². The quantitative estimate of drug-likeness (QED) is 0.746. The second kappa shape index (κ2) is 5.62. The number of likely N-dealkylation sites (N-methyl/N-ethyl adjacent to an activating group) is 1. The lowest BCUT2D eigenvalue weighted by atomic mass is 9.36. The first kappa shape index (κ1) is 19.1. The van der Waals surface area contributed by atoms with Crippen molar-refractivity contribution in [2.75, 3.05) is 20.7 Å². The van der Waals surface area contributed by atoms with Gasteiger partial charge in [0.05, 0.1) is 11.0 Å². The van der Waals surface area contributed by atoms with Crippen molar-refractivity contribution >= 4 is 0 Å². The standard InChI is InChI=1S/C25H33NO4/c1-5-8-22(2,28)17-14-23-9-10-25(17,29-4)21-24(23)11-12-26(3)18(23)13-15-6-7-16(27)20(30-21)19(15)24/h6-7,9-10,17-18,21,27-28H,5,8,11-14H2,1-4H3/t17?,18-,21-,22-,23-,24+,25-/m1/s1. The molecule has 1 aromatic carbocycles. The fraction of sp³-hybridized carbons (Fsp3) is 0.680. The Morgan fingerprint density at radius 1 is 1.33 bits per heavy atom. The van der Waals surface area contributed by atoms with Crippen molar-refractivity contribution in [3.8, 4) is 11.5 Å². The number of likely N-dealkylation sites (tertiary alicyclic amines) is 1. The zero-order valence-electron chi connectivity index (χ0n) is 18.4. The molecule has 0 amide bonds. The Morgan fingerprint density at radius 3 is 2.87 bits per heavy atom. The van der Waals surface area contributed by atoms with Crippen molar-refractivity contribution in [2.45, 2.75) is 74.7 Å². The second-order valence-corrected chi connectivity index (χ2v) is 10.7. The van der Waals surface area contributed by atoms with E-state index >= 15 is 0 Å². The zero-order chi connectivity index (χ0) is 21.1. The zero-order valence-corrected chi connectivity index (χ0v) is 18.4. The summed E-state index contributed by atoms with van der Waals surface area (Å²) in [5, 5.41) is 22.4. The van der Waals surface area contributed by atoms with Crippen LogP contribution in [0, 0.1) is 11.3 Å². The third-order valence-electron chi connectivity index (χ3n) is 9.58. The molecular weight excluding hydrogens is 378 g/mol. The van der Waals surface area contributed by atoms with Crippen LogP contribution in [0.15, 0.2) is 24.3 Å². The molecule has 2 heterocycles. The van der Waals surface area contributed by atoms with E-state index in [4.69, 9.17) is 9.47 Å². The monoisotopic (exact) mass is 411 g/mol. The van der Waals surface area contributed by atoms with Crippen molar-refractivity contribution in [3.63, 3.8) is 0 Å². The van der Waals surface area contributed by atoms with Crippen LogP contribution >= 0.6 is 0 Å². The smallest absolute Gasteiger partial charge is 0.165 e. The number of piperidine rings is 1. The van der Waals surface area contributed by atoms with Crippen LogP contribution in [-0.4, -0.2) is 59.2 Å². The number of ether oxygens (including phenoxy) is 2. The maximum atomic E-state index is 11.7. The molecule has 162 valence electrons. The summed E-state index contributed by atoms with van der Waals surface area (Å²) in [5.41, 5.74) is 0.625. The molecule has 7 rings (SSSR count). The average molecular weight is 412 g/mol. The molecule has 0 radical (unpaired) electrons. The van der Waals surface area contributed by atoms with Gasteiger partial charge in [0.2, 0.25) is 0 Å². The van der Waals surface area contributed by atoms with Gasteiger partial charge in [0.15, 0.2) is 11.5 Å². The van der Waals surface area contributed by atoms with E-state index in [1.807, 2.05) is 6.92 Å². The van der Waals surface area contributed by atoms with Gasteiger partial charge in [0.1, 0.15) is 11.7 Å². The van der Waals surface area contributed by atoms with Crippen LogP contribution in [-0.2, 0) is 16.6 Å². The largest absolute Gasteiger partial charge is 0.504 e. The molecule has 5 heteroatoms. The predicted octanol–water partition coefficient (Wildman–Crippen LogP) is 3.16. The molecule has 30 heavy (non-hydrogen) atoms. The highest BCUT2D eigenvalue weighted by Crippen LogP contribution is 2.75. The molecule has 0 aromatic heterocycles. The molecule has 4 bridgehead atoms. The minimum absolute atomic E-state index is 0.0647. The first-order valence-electron chi connectivity index (χ1n) is 11.5. The molecule has 2 N–H and O–H groups in total. The van der Waals surface area contributed by atoms with Gasteiger partial charge < -0.3 is 24.6 Å². The van der Waals surface area contributed by atoms with Crippen molar-refractivity contribution in [1.29, 1.82) is 0 Å². The van der Waals surface area contributed by atoms with Crippen molar-refractivity contribution in [3.05, 3.63) is 35.4 Å². The molecule has 1 aromatic rings. The highest BCUT2D eigenvalue weighted by Gasteiger charge is 2.80. The summed E-state index contributed by atoms with van der Waals surface area (Å²) in [4.78, 5) is 2.51. The molecule has 2 aliphatic heterocycles. The maximum absolute atomic E-state index is 11.7. The average Bonchev–Trinajstić information content (AvgIpc) is 3.09. The number of phenols is 1. The summed E-state index contributed by atoms with van der Waals surface area (Å²) < 4.78 is 13.1. The van der Waals surface area contributed by atoms with Gasteiger partial charge in [-0.15, -0.1) is 0 Å². The van der Waals surface area contributed by atoms with E-state index in [-0.39, 0.29) is 28.6 Å². The fourth-order valence-electron chi connectivity index (χ4n) is 8.44. The van der Waals surface area contributed by atoms with E-state index in [2.05, 4.69) is 37.1 Å². The summed E-state index contributed by atoms with van der Waals surface area (Å²) in [6.07, 6.45) is 8.86. The van der Waals surface area contributed by atoms with Crippen molar-refractivity contribution in [1.82, 2.24) is 4.90 Å². The lowest BCUT2D eigenvalue weighted by Crippen LogP contribution is -2.80. The van der Waals surface area contributed by atoms with Crippen LogP contribution in [0.3, 0.4) is 0 Å². The Morgan fingerprint density at radius 2 is 2.13 bits per heavy atom. The van der Waals surface area contributed by atoms with Gasteiger partial charge >= 0.3 is 0 Å². The molecule has 2 spiro atoms. The van der Waals surface area contributed by atoms with E-state index in [1.54, 1.807) is 13.2 Å². The summed E-state index contributed by atoms with van der Waals surface area (Å²) in [7, 11) is 4.00. The first-order valence-corrected chi connectivity index (χ1v) is 11.5. The van der Waals surface area contributed by atoms with Gasteiger partial charge in [-0.2, -0.15) is 0 Å². The number of rotatable bonds is 4. The number of aliphatic hydroxyl groups is 1. The molecule has 7 atom stereocenters. The van der Waals surface area contributed by atoms with Crippen LogP contribution < -0.4 is 4.74 Å². The van der Waals surface area contributed by atoms with Gasteiger partial charge in [0, 0.05) is 30.0 Å². The van der Waals surface area contributed by atoms with Crippen molar-refractivity contribution in [2.24, 2.45) is 11.3 Å². The van der Waals surface area contributed by atoms with E-state index in [0.717, 1.165) is 38.6 Å². The minimum atomic E-state index is -0.850. The minimum Gasteiger partial charge on any atom is -0.504 e. The normalized spacial score (nSPS) is 44.5. The molecule has 2 fully saturated rings. The lowest BCUT2D eigenvalue weighted by Gasteiger charge is -2.72. The summed E-state index contributed by atoms with van der Waals surface area (Å²) >= 11 is 0. The molecule has 5 nitrogen and oxygen atoms in total. The topological polar surface area (TPSA) is 62.2 Å². The molecule has 1 saturated heterocycles. The Kier molecular flexibility index (Phi) is 3.59. The summed E-state index contributed by atoms with van der Waals surface area (Å²) in [6.45, 7) is 5.11. The number of aromatic hydroxyl groups is 1. The number of methoxy groups -OCH3 is 1. The molecule has 1 unspecified atom stereocenters. The van der Waals surface area contributed by atoms with E-state index in [0.29, 0.717) is 11.8 Å². The number of nitrogens with zero attached hydrogens (tertiary/aromatic N) is 1. The number of hydrogen-bond acceptors (Lipinski definition) is 5. The van der Waals surface area contributed by atoms with E-state index in [9.17, 15) is 10.2 Å². The Balaban J connectivity index is 1.66. The molecule has 4 aliphatic carbocycles. The summed E-state index contributed by atoms with van der Waals surface area (Å²) in [5.74, 6) is 0.823.